The number of likely N-dealkylation sites (N-methyl/N-ethyl adjacent to an activating group) is 1. The summed E-state index contributed by atoms with van der Waals surface area (Å²) in [6.07, 6.45) is -26.7. The molecule has 0 aliphatic carbocycles. The number of aliphatic hydroxyl groups excluding tert-OH is 10. The molecule has 746 valence electrons. The van der Waals surface area contributed by atoms with Gasteiger partial charge in [0.2, 0.25) is 59.3 Å². The fraction of sp³-hybridized carbons (Fsp3) is 0.468. The van der Waals surface area contributed by atoms with Crippen LogP contribution >= 0.6 is 34.8 Å². The van der Waals surface area contributed by atoms with Crippen molar-refractivity contribution in [3.8, 4) is 68.2 Å². The predicted molar refractivity (Wildman–Crippen MR) is 493 cm³/mol. The number of aromatic hydroxyl groups is 3. The Morgan fingerprint density at radius 1 is 0.630 bits per heavy atom. The molecule has 7 aromatic rings. The van der Waals surface area contributed by atoms with Gasteiger partial charge in [-0.2, -0.15) is 0 Å². The fourth-order valence-electron chi connectivity index (χ4n) is 17.4. The largest absolute Gasteiger partial charge is 0.507 e. The van der Waals surface area contributed by atoms with E-state index in [9.17, 15) is 76.0 Å². The first-order valence-electron chi connectivity index (χ1n) is 44.8. The van der Waals surface area contributed by atoms with Crippen molar-refractivity contribution in [2.75, 3.05) is 60.6 Å². The molecule has 0 spiro atoms. The molecular formula is C94H115Cl3N12O29. The average molecular weight is 1980 g/mol. The first kappa shape index (κ1) is 105. The van der Waals surface area contributed by atoms with Crippen LogP contribution in [0.25, 0.3) is 22.3 Å². The van der Waals surface area contributed by atoms with Crippen molar-refractivity contribution in [3.05, 3.63) is 175 Å². The van der Waals surface area contributed by atoms with Gasteiger partial charge < -0.3 is 168 Å². The van der Waals surface area contributed by atoms with E-state index in [1.54, 1.807) is 33.2 Å². The zero-order valence-electron chi connectivity index (χ0n) is 76.0. The summed E-state index contributed by atoms with van der Waals surface area (Å²) >= 11 is 20.8. The maximum atomic E-state index is 16.7. The Kier molecular flexibility index (Phi) is 34.6. The summed E-state index contributed by atoms with van der Waals surface area (Å²) in [5, 5.41) is 179. The summed E-state index contributed by atoms with van der Waals surface area (Å²) < 4.78 is 51.2. The van der Waals surface area contributed by atoms with Crippen LogP contribution in [0, 0.1) is 5.92 Å². The molecule has 41 nitrogen and oxygen atoms in total. The highest BCUT2D eigenvalue weighted by Crippen LogP contribution is 2.51. The first-order valence-corrected chi connectivity index (χ1v) is 46.0. The van der Waals surface area contributed by atoms with Gasteiger partial charge in [0.25, 0.3) is 0 Å². The van der Waals surface area contributed by atoms with Crippen LogP contribution in [0.15, 0.2) is 121 Å². The van der Waals surface area contributed by atoms with E-state index >= 15 is 28.8 Å². The number of primary amides is 1. The smallest absolute Gasteiger partial charge is 0.248 e. The van der Waals surface area contributed by atoms with Crippen molar-refractivity contribution in [1.29, 1.82) is 0 Å². The minimum atomic E-state index is -2.42. The Balaban J connectivity index is 0.978. The van der Waals surface area contributed by atoms with Crippen molar-refractivity contribution in [3.63, 3.8) is 0 Å². The lowest BCUT2D eigenvalue weighted by Crippen LogP contribution is -2.66. The number of nitrogens with zero attached hydrogens (tertiary/aromatic N) is 1. The van der Waals surface area contributed by atoms with Gasteiger partial charge in [-0.3, -0.25) is 38.4 Å². The summed E-state index contributed by atoms with van der Waals surface area (Å²) in [6.45, 7) is 4.73. The van der Waals surface area contributed by atoms with E-state index in [1.807, 2.05) is 62.1 Å². The van der Waals surface area contributed by atoms with E-state index in [4.69, 9.17) is 78.4 Å². The monoisotopic (exact) mass is 1980 g/mol. The van der Waals surface area contributed by atoms with Crippen molar-refractivity contribution >= 4 is 82.1 Å². The maximum Gasteiger partial charge on any atom is 0.248 e. The Hall–Kier alpha value is -10.8. The molecule has 3 saturated heterocycles. The normalized spacial score (nSPS) is 28.1. The summed E-state index contributed by atoms with van der Waals surface area (Å²) in [7, 11) is 5.01. The summed E-state index contributed by atoms with van der Waals surface area (Å²) in [5.74, 6) is -15.5. The highest BCUT2D eigenvalue weighted by Gasteiger charge is 2.54. The van der Waals surface area contributed by atoms with E-state index in [2.05, 4.69) is 53.2 Å². The number of carbonyl (C=O) groups excluding carboxylic acids is 8. The van der Waals surface area contributed by atoms with Crippen molar-refractivity contribution in [1.82, 2.24) is 58.1 Å². The highest BCUT2D eigenvalue weighted by atomic mass is 35.5. The molecule has 0 aromatic heterocycles. The topological polar surface area (TPSA) is 623 Å². The van der Waals surface area contributed by atoms with Crippen molar-refractivity contribution < 1.29 is 143 Å². The van der Waals surface area contributed by atoms with E-state index in [1.165, 1.54) is 25.2 Å². The second-order valence-corrected chi connectivity index (χ2v) is 36.6. The number of phenolic OH excluding ortho intramolecular Hbond substituents is 3. The zero-order chi connectivity index (χ0) is 99.7. The predicted octanol–water partition coefficient (Wildman–Crippen LogP) is 1.54. The molecule has 0 radical (unpaired) electrons. The number of halogens is 3. The zero-order valence-corrected chi connectivity index (χ0v) is 78.3. The molecule has 8 amide bonds. The molecule has 8 heterocycles. The molecule has 11 bridgehead atoms. The second kappa shape index (κ2) is 45.6. The second-order valence-electron chi connectivity index (χ2n) is 35.4. The minimum absolute atomic E-state index is 0.0797. The van der Waals surface area contributed by atoms with Crippen LogP contribution < -0.4 is 73.1 Å². The standard InChI is InChI=1S/C94H115Cl3N12O29/c1-8-94(102-37-43-10-12-44(13-11-43)45-14-19-50(95)20-15-45)36-67(132-42(4)84(94)123)137-83-80(121)78(119)65(40-111)136-93(83)138-82-62-32-49-33-63(82)134-61-23-18-48(31-55(61)97)75(116)73-91(130)106-71(87(126)101-24-9-26-109(6)7)52-34-59(113)53(38-100-25-27-131-92-81(122)79(120)77(118)64(39-110)135-92)76(117)68(52)51-29-46(16-21-58(51)112)69(88(127)108-73)105-89(128)70(49)104-86(125)57(35-66(98)114)103-90(129)72(107-85(124)56(99-5)28-41(2)3)74(115)47-17-22-60(133-62)54(96)30-47/h10-23,29-34,41-42,56-57,64-65,67,69-75,77-81,83-84,92-93,99-100,102,110-113,115-123H,8-9,24-28,35-40H2,1-7H3,(H2,98,114)(H,101,126)(H,103,129)(H,104,125)(H,105,128)(H,106,130)(H,107,124)(H,108,127)/t42-,56+,57?,64?,65+,67-,69+,70+,71-,72+,73-,74+,75+,77+,78?,79-,80?,81+,83+,84+,92?,93-,94?/m0/s1. The molecule has 44 heteroatoms. The van der Waals surface area contributed by atoms with E-state index < -0.39 is 286 Å². The van der Waals surface area contributed by atoms with Crippen molar-refractivity contribution in [2.45, 2.75) is 213 Å². The third-order valence-electron chi connectivity index (χ3n) is 25.1. The lowest BCUT2D eigenvalue weighted by Gasteiger charge is -2.49. The number of rotatable bonds is 29. The van der Waals surface area contributed by atoms with Crippen LogP contribution in [0.3, 0.4) is 0 Å². The highest BCUT2D eigenvalue weighted by molar-refractivity contribution is 6.32. The molecule has 8 aliphatic heterocycles. The number of hydrogen-bond donors (Lipinski definition) is 24. The molecule has 138 heavy (non-hydrogen) atoms. The van der Waals surface area contributed by atoms with Gasteiger partial charge in [0.05, 0.1) is 65.6 Å². The van der Waals surface area contributed by atoms with Crippen LogP contribution in [0.4, 0.5) is 0 Å². The van der Waals surface area contributed by atoms with E-state index in [0.717, 1.165) is 71.3 Å². The third kappa shape index (κ3) is 23.7. The van der Waals surface area contributed by atoms with Gasteiger partial charge in [-0.05, 0) is 171 Å². The Labute approximate surface area is 807 Å². The van der Waals surface area contributed by atoms with Crippen LogP contribution in [0.1, 0.15) is 129 Å². The number of nitrogens with one attached hydrogen (secondary N) is 10. The van der Waals surface area contributed by atoms with Gasteiger partial charge in [0.1, 0.15) is 120 Å². The number of hydrogen-bond acceptors (Lipinski definition) is 33. The van der Waals surface area contributed by atoms with Gasteiger partial charge in [-0.1, -0.05) is 110 Å². The van der Waals surface area contributed by atoms with E-state index in [0.29, 0.717) is 18.0 Å². The van der Waals surface area contributed by atoms with Crippen LogP contribution in [0.2, 0.25) is 15.1 Å². The summed E-state index contributed by atoms with van der Waals surface area (Å²) in [5.41, 5.74) is 4.07. The lowest BCUT2D eigenvalue weighted by atomic mass is 9.80. The molecule has 7 aromatic carbocycles. The number of fused-ring (bicyclic) bond motifs is 15. The molecular weight excluding hydrogens is 1870 g/mol. The molecule has 0 saturated carbocycles. The lowest BCUT2D eigenvalue weighted by molar-refractivity contribution is -0.335. The van der Waals surface area contributed by atoms with Crippen molar-refractivity contribution in [2.24, 2.45) is 11.7 Å². The first-order chi connectivity index (χ1) is 65.7. The number of ether oxygens (including phenoxy) is 8. The Morgan fingerprint density at radius 3 is 1.84 bits per heavy atom. The number of carbonyl (C=O) groups is 8. The van der Waals surface area contributed by atoms with Gasteiger partial charge in [-0.25, -0.2) is 0 Å². The van der Waals surface area contributed by atoms with Gasteiger partial charge in [-0.15, -0.1) is 0 Å². The van der Waals surface area contributed by atoms with Gasteiger partial charge >= 0.3 is 0 Å². The van der Waals surface area contributed by atoms with E-state index in [-0.39, 0.29) is 78.9 Å². The Bertz CT molecular complexity index is 5560. The molecule has 15 rings (SSSR count). The molecule has 8 aliphatic rings. The molecule has 6 unspecified atom stereocenters. The van der Waals surface area contributed by atoms with Crippen LogP contribution in [-0.4, -0.2) is 289 Å². The number of amides is 8. The fourth-order valence-corrected chi connectivity index (χ4v) is 17.9. The van der Waals surface area contributed by atoms with Gasteiger partial charge in [0, 0.05) is 48.7 Å². The molecule has 23 atom stereocenters. The number of benzene rings is 7. The summed E-state index contributed by atoms with van der Waals surface area (Å²) in [6, 6.07) is 13.7. The average Bonchev–Trinajstić information content (AvgIpc) is 0.747. The Morgan fingerprint density at radius 2 is 1.23 bits per heavy atom. The van der Waals surface area contributed by atoms with Gasteiger partial charge in [0.15, 0.2) is 30.2 Å². The molecule has 3 fully saturated rings. The maximum absolute atomic E-state index is 16.7. The summed E-state index contributed by atoms with van der Waals surface area (Å²) in [4.78, 5) is 125. The number of aliphatic hydroxyl groups is 10. The number of nitrogens with two attached hydrogens (primary N) is 1. The SMILES string of the molecule is CCC1(NCc2ccc(-c3ccc(Cl)cc3)cc2)C[C@H](O[C@@H]2C(O)C(O)[C@@H](CO)O[C@H]2Oc2c3cc4cc2Oc2ccc(cc2Cl)[C@@H](O)[C@@H](NC(=O)[C@@H](CC(C)C)NC)C(=O)NC(CC(N)=O)C(=O)N[C@H]4C(=O)N[C@H]2C(=O)N[C@H](C(=O)N[C@H](C(=O)NCCCN(C)C)c4cc(O)c(CNCCOC5OC(CO)[C@@H](O)[C@H](O)[C@H]5O)c(O)c4-c4cc2ccc4O)[C@H](O)c2ccc(c(Cl)c2)O3)O[C@@H](C)[C@H]1O. The third-order valence-corrected chi connectivity index (χ3v) is 25.9. The van der Waals surface area contributed by atoms with Crippen LogP contribution in [0.5, 0.6) is 46.0 Å². The quantitative estimate of drug-likeness (QED) is 0.0296. The molecule has 25 N–H and O–H groups in total. The minimum Gasteiger partial charge on any atom is -0.507 e. The van der Waals surface area contributed by atoms with Crippen LogP contribution in [-0.2, 0) is 75.1 Å². The number of phenols is 3.